The van der Waals surface area contributed by atoms with Crippen molar-refractivity contribution in [3.05, 3.63) is 209 Å². The summed E-state index contributed by atoms with van der Waals surface area (Å²) < 4.78 is 15.3. The van der Waals surface area contributed by atoms with Crippen LogP contribution >= 0.6 is 7.14 Å². The SMILES string of the molecule is CN1C(c2ccc(P(=O)(C3=CC=CCC3)C3C=CC=CC3)cc2)=CC(C2=CC=C(C3CC=CC4=C3NCC=C4)CC2)=NC1c1ccc(-c2cccc3cccnc23)cc1. The number of hydrogen-bond acceptors (Lipinski definition) is 5. The highest BCUT2D eigenvalue weighted by atomic mass is 31.2. The van der Waals surface area contributed by atoms with Crippen LogP contribution in [0.3, 0.4) is 0 Å². The number of hydrogen-bond donors (Lipinski definition) is 1. The second-order valence-corrected chi connectivity index (χ2v) is 19.3. The van der Waals surface area contributed by atoms with Crippen molar-refractivity contribution in [3.8, 4) is 11.1 Å². The van der Waals surface area contributed by atoms with E-state index in [-0.39, 0.29) is 11.8 Å². The van der Waals surface area contributed by atoms with Crippen LogP contribution in [0.15, 0.2) is 203 Å². The van der Waals surface area contributed by atoms with Crippen LogP contribution in [0.4, 0.5) is 0 Å². The Hall–Kier alpha value is -6.03. The third kappa shape index (κ3) is 7.02. The monoisotopic (exact) mass is 788 g/mol. The normalized spacial score (nSPS) is 23.4. The van der Waals surface area contributed by atoms with Crippen molar-refractivity contribution in [2.45, 2.75) is 50.3 Å². The number of nitrogens with zero attached hydrogens (tertiary/aromatic N) is 3. The molecule has 0 bridgehead atoms. The number of pyridine rings is 1. The zero-order valence-corrected chi connectivity index (χ0v) is 34.4. The van der Waals surface area contributed by atoms with Gasteiger partial charge in [0.05, 0.1) is 11.2 Å². The maximum absolute atomic E-state index is 15.3. The molecular formula is C53H49N4OP. The average Bonchev–Trinajstić information content (AvgIpc) is 3.32. The van der Waals surface area contributed by atoms with Crippen LogP contribution in [-0.4, -0.2) is 34.8 Å². The Bertz CT molecular complexity index is 2710. The van der Waals surface area contributed by atoms with Gasteiger partial charge in [-0.2, -0.15) is 0 Å². The third-order valence-electron chi connectivity index (χ3n) is 12.8. The Labute approximate surface area is 348 Å². The van der Waals surface area contributed by atoms with Gasteiger partial charge in [0.25, 0.3) is 0 Å². The molecule has 10 rings (SSSR count). The average molecular weight is 789 g/mol. The summed E-state index contributed by atoms with van der Waals surface area (Å²) in [6.07, 6.45) is 38.0. The van der Waals surface area contributed by atoms with Gasteiger partial charge in [-0.05, 0) is 83.8 Å². The van der Waals surface area contributed by atoms with Crippen LogP contribution in [0, 0.1) is 5.92 Å². The van der Waals surface area contributed by atoms with Crippen LogP contribution in [0.5, 0.6) is 0 Å². The molecule has 0 saturated heterocycles. The molecule has 4 unspecified atom stereocenters. The minimum atomic E-state index is -2.89. The fourth-order valence-electron chi connectivity index (χ4n) is 9.64. The first-order valence-electron chi connectivity index (χ1n) is 21.1. The summed E-state index contributed by atoms with van der Waals surface area (Å²) in [7, 11) is -0.735. The number of fused-ring (bicyclic) bond motifs is 1. The van der Waals surface area contributed by atoms with E-state index in [0.29, 0.717) is 5.92 Å². The van der Waals surface area contributed by atoms with E-state index in [1.807, 2.05) is 12.3 Å². The molecule has 5 nitrogen and oxygen atoms in total. The lowest BCUT2D eigenvalue weighted by molar-refractivity contribution is 0.364. The summed E-state index contributed by atoms with van der Waals surface area (Å²) in [5.41, 5.74) is 13.0. The van der Waals surface area contributed by atoms with E-state index in [9.17, 15) is 0 Å². The van der Waals surface area contributed by atoms with Gasteiger partial charge in [-0.25, -0.2) is 0 Å². The van der Waals surface area contributed by atoms with E-state index < -0.39 is 7.14 Å². The van der Waals surface area contributed by atoms with E-state index >= 15 is 4.57 Å². The fourth-order valence-corrected chi connectivity index (χ4v) is 12.9. The highest BCUT2D eigenvalue weighted by molar-refractivity contribution is 7.76. The number of aromatic nitrogens is 1. The highest BCUT2D eigenvalue weighted by Crippen LogP contribution is 2.61. The molecule has 4 aliphatic carbocycles. The molecule has 59 heavy (non-hydrogen) atoms. The Morgan fingerprint density at radius 3 is 2.42 bits per heavy atom. The number of rotatable bonds is 8. The zero-order valence-electron chi connectivity index (χ0n) is 33.5. The van der Waals surface area contributed by atoms with Gasteiger partial charge in [-0.15, -0.1) is 0 Å². The summed E-state index contributed by atoms with van der Waals surface area (Å²) >= 11 is 0. The van der Waals surface area contributed by atoms with Crippen LogP contribution in [0.2, 0.25) is 0 Å². The predicted octanol–water partition coefficient (Wildman–Crippen LogP) is 12.1. The minimum Gasteiger partial charge on any atom is -0.384 e. The lowest BCUT2D eigenvalue weighted by Gasteiger charge is -2.35. The Morgan fingerprint density at radius 2 is 1.63 bits per heavy atom. The first kappa shape index (κ1) is 37.3. The van der Waals surface area contributed by atoms with Crippen molar-refractivity contribution in [3.63, 3.8) is 0 Å². The minimum absolute atomic E-state index is 0.0301. The van der Waals surface area contributed by atoms with Gasteiger partial charge in [0, 0.05) is 59.0 Å². The molecule has 6 heteroatoms. The van der Waals surface area contributed by atoms with Crippen LogP contribution in [0.25, 0.3) is 27.7 Å². The Morgan fingerprint density at radius 1 is 0.780 bits per heavy atom. The molecule has 0 saturated carbocycles. The van der Waals surface area contributed by atoms with E-state index in [4.69, 9.17) is 9.98 Å². The number of para-hydroxylation sites is 1. The second kappa shape index (κ2) is 16.0. The lowest BCUT2D eigenvalue weighted by Crippen LogP contribution is -2.29. The molecule has 1 aromatic heterocycles. The van der Waals surface area contributed by atoms with Crippen LogP contribution in [-0.2, 0) is 4.57 Å². The number of aliphatic imine (C=N–C) groups is 1. The van der Waals surface area contributed by atoms with E-state index in [0.717, 1.165) is 100 Å². The highest BCUT2D eigenvalue weighted by Gasteiger charge is 2.37. The van der Waals surface area contributed by atoms with Gasteiger partial charge >= 0.3 is 0 Å². The van der Waals surface area contributed by atoms with Gasteiger partial charge in [0.15, 0.2) is 0 Å². The van der Waals surface area contributed by atoms with Crippen molar-refractivity contribution < 1.29 is 4.57 Å². The maximum atomic E-state index is 15.3. The summed E-state index contributed by atoms with van der Waals surface area (Å²) in [4.78, 5) is 12.5. The zero-order chi connectivity index (χ0) is 39.8. The molecule has 4 aromatic rings. The molecule has 0 spiro atoms. The molecule has 4 atom stereocenters. The fraction of sp³-hybridized carbons (Fsp3) is 0.208. The topological polar surface area (TPSA) is 57.6 Å². The Kier molecular flexibility index (Phi) is 10.1. The molecule has 2 aliphatic heterocycles. The molecule has 1 N–H and O–H groups in total. The largest absolute Gasteiger partial charge is 0.384 e. The summed E-state index contributed by atoms with van der Waals surface area (Å²) in [5.74, 6) is 0.390. The first-order valence-corrected chi connectivity index (χ1v) is 22.9. The predicted molar refractivity (Wildman–Crippen MR) is 247 cm³/mol. The van der Waals surface area contributed by atoms with Crippen molar-refractivity contribution >= 4 is 34.8 Å². The molecule has 0 amide bonds. The van der Waals surface area contributed by atoms with E-state index in [1.54, 1.807) is 0 Å². The first-order chi connectivity index (χ1) is 29.0. The molecule has 292 valence electrons. The molecule has 0 fully saturated rings. The molecule has 0 radical (unpaired) electrons. The van der Waals surface area contributed by atoms with Crippen molar-refractivity contribution in [1.82, 2.24) is 15.2 Å². The van der Waals surface area contributed by atoms with Crippen molar-refractivity contribution in [2.75, 3.05) is 13.6 Å². The molecule has 3 heterocycles. The van der Waals surface area contributed by atoms with Gasteiger partial charge in [-0.1, -0.05) is 157 Å². The van der Waals surface area contributed by atoms with Gasteiger partial charge in [0.2, 0.25) is 0 Å². The van der Waals surface area contributed by atoms with E-state index in [1.165, 1.54) is 22.4 Å². The van der Waals surface area contributed by atoms with E-state index in [2.05, 4.69) is 175 Å². The van der Waals surface area contributed by atoms with Crippen LogP contribution in [0.1, 0.15) is 55.8 Å². The maximum Gasteiger partial charge on any atom is 0.147 e. The van der Waals surface area contributed by atoms with Crippen molar-refractivity contribution in [1.29, 1.82) is 0 Å². The standard InChI is InChI=1S/C53H49N4OP/c1-57-50(40-30-32-46(33-31-40)59(58,44-16-4-2-5-17-44)45-18-6-3-7-19-45)36-49(39-26-22-37(23-27-39)47-20-8-12-41-14-10-34-54-51(41)47)56-53(57)43-28-24-38(25-29-43)48-21-9-13-42-15-11-35-55-52(42)48/h2-6,8-16,18,21-22,24-26,28-33,35-36,44,47,53-54H,7,17,19-20,23,27,34H2,1H3. The third-order valence-corrected chi connectivity index (χ3v) is 16.4. The lowest BCUT2D eigenvalue weighted by atomic mass is 9.80. The summed E-state index contributed by atoms with van der Waals surface area (Å²) in [6, 6.07) is 28.0. The number of nitrogens with one attached hydrogen (secondary N) is 1. The van der Waals surface area contributed by atoms with Crippen LogP contribution < -0.4 is 10.6 Å². The number of dihydropyridines is 1. The molecule has 3 aromatic carbocycles. The van der Waals surface area contributed by atoms with Gasteiger partial charge in [-0.3, -0.25) is 9.98 Å². The van der Waals surface area contributed by atoms with Gasteiger partial charge in [0.1, 0.15) is 13.3 Å². The summed E-state index contributed by atoms with van der Waals surface area (Å²) in [6.45, 7) is 0.888. The quantitative estimate of drug-likeness (QED) is 0.181. The van der Waals surface area contributed by atoms with Crippen molar-refractivity contribution in [2.24, 2.45) is 10.9 Å². The molecular weight excluding hydrogens is 740 g/mol. The number of benzene rings is 3. The molecule has 6 aliphatic rings. The Balaban J connectivity index is 1.01. The second-order valence-electron chi connectivity index (χ2n) is 16.3. The van der Waals surface area contributed by atoms with Gasteiger partial charge < -0.3 is 14.8 Å². The summed E-state index contributed by atoms with van der Waals surface area (Å²) in [5, 5.41) is 6.82. The number of allylic oxidation sites excluding steroid dienone is 17. The smallest absolute Gasteiger partial charge is 0.147 e.